The number of carbonyl (C=O) groups is 1. The van der Waals surface area contributed by atoms with Crippen LogP contribution in [0.25, 0.3) is 0 Å². The van der Waals surface area contributed by atoms with Crippen LogP contribution in [0.4, 0.5) is 4.79 Å². The number of carbonyl (C=O) groups excluding carboxylic acids is 1. The second-order valence-electron chi connectivity index (χ2n) is 1.92. The first kappa shape index (κ1) is 11.8. The lowest BCUT2D eigenvalue weighted by atomic mass is 10.7. The van der Waals surface area contributed by atoms with Crippen LogP contribution in [0, 0.1) is 0 Å². The monoisotopic (exact) mass is 232 g/mol. The van der Waals surface area contributed by atoms with Crippen LogP contribution < -0.4 is 5.73 Å². The Bertz CT molecular complexity index is 195. The second kappa shape index (κ2) is 4.74. The Labute approximate surface area is 84.6 Å². The predicted molar refractivity (Wildman–Crippen MR) is 48.9 cm³/mol. The largest absolute Gasteiger partial charge is 0.443 e. The summed E-state index contributed by atoms with van der Waals surface area (Å²) >= 11 is 15.9. The van der Waals surface area contributed by atoms with Crippen molar-refractivity contribution >= 4 is 46.7 Å². The Balaban J connectivity index is 3.81. The van der Waals surface area contributed by atoms with E-state index in [0.717, 1.165) is 0 Å². The Kier molecular flexibility index (Phi) is 4.67. The quantitative estimate of drug-likeness (QED) is 0.427. The van der Waals surface area contributed by atoms with Crippen LogP contribution in [0.3, 0.4) is 0 Å². The van der Waals surface area contributed by atoms with E-state index in [1.807, 2.05) is 0 Å². The van der Waals surface area contributed by atoms with Crippen molar-refractivity contribution in [2.45, 2.75) is 10.7 Å². The molecule has 0 aliphatic rings. The molecule has 0 aromatic heterocycles. The van der Waals surface area contributed by atoms with Crippen LogP contribution in [-0.2, 0) is 4.74 Å². The van der Waals surface area contributed by atoms with Gasteiger partial charge < -0.3 is 10.5 Å². The summed E-state index contributed by atoms with van der Waals surface area (Å²) in [5, 5.41) is 0. The standard InChI is InChI=1S/C5H7Cl3N2O2/c1-3(9)10-4(11)12-2-5(6,7)8/h2H2,1H3,(H2,9,10,11). The van der Waals surface area contributed by atoms with Crippen molar-refractivity contribution in [2.24, 2.45) is 10.7 Å². The summed E-state index contributed by atoms with van der Waals surface area (Å²) in [4.78, 5) is 13.9. The zero-order chi connectivity index (χ0) is 9.78. The van der Waals surface area contributed by atoms with Gasteiger partial charge >= 0.3 is 6.09 Å². The molecule has 4 nitrogen and oxygen atoms in total. The highest BCUT2D eigenvalue weighted by Crippen LogP contribution is 2.25. The molecule has 0 aromatic carbocycles. The van der Waals surface area contributed by atoms with E-state index in [-0.39, 0.29) is 12.4 Å². The number of rotatable bonds is 1. The molecule has 7 heteroatoms. The van der Waals surface area contributed by atoms with Crippen molar-refractivity contribution in [3.8, 4) is 0 Å². The van der Waals surface area contributed by atoms with Crippen molar-refractivity contribution in [2.75, 3.05) is 6.61 Å². The van der Waals surface area contributed by atoms with E-state index in [0.29, 0.717) is 0 Å². The zero-order valence-corrected chi connectivity index (χ0v) is 8.45. The maximum atomic E-state index is 10.6. The molecular formula is C5H7Cl3N2O2. The van der Waals surface area contributed by atoms with Gasteiger partial charge in [-0.25, -0.2) is 4.79 Å². The molecule has 70 valence electrons. The molecule has 0 saturated carbocycles. The Morgan fingerprint density at radius 3 is 2.42 bits per heavy atom. The van der Waals surface area contributed by atoms with E-state index in [2.05, 4.69) is 9.73 Å². The number of nitrogens with two attached hydrogens (primary N) is 1. The van der Waals surface area contributed by atoms with Crippen LogP contribution in [0.15, 0.2) is 4.99 Å². The molecule has 0 unspecified atom stereocenters. The van der Waals surface area contributed by atoms with Crippen molar-refractivity contribution in [1.29, 1.82) is 0 Å². The van der Waals surface area contributed by atoms with E-state index >= 15 is 0 Å². The topological polar surface area (TPSA) is 64.7 Å². The summed E-state index contributed by atoms with van der Waals surface area (Å²) in [6.45, 7) is 1.09. The maximum absolute atomic E-state index is 10.6. The van der Waals surface area contributed by atoms with Gasteiger partial charge in [0.25, 0.3) is 0 Å². The minimum Gasteiger partial charge on any atom is -0.443 e. The molecule has 0 bridgehead atoms. The molecule has 0 aliphatic heterocycles. The minimum atomic E-state index is -1.62. The summed E-state index contributed by atoms with van der Waals surface area (Å²) in [7, 11) is 0. The van der Waals surface area contributed by atoms with Gasteiger partial charge in [0.05, 0.1) is 0 Å². The van der Waals surface area contributed by atoms with Crippen molar-refractivity contribution in [1.82, 2.24) is 0 Å². The van der Waals surface area contributed by atoms with Crippen LogP contribution >= 0.6 is 34.8 Å². The van der Waals surface area contributed by atoms with Gasteiger partial charge in [0.1, 0.15) is 12.4 Å². The zero-order valence-electron chi connectivity index (χ0n) is 6.18. The van der Waals surface area contributed by atoms with Gasteiger partial charge in [-0.3, -0.25) is 0 Å². The Morgan fingerprint density at radius 1 is 1.58 bits per heavy atom. The molecule has 0 rings (SSSR count). The van der Waals surface area contributed by atoms with Gasteiger partial charge in [-0.15, -0.1) is 0 Å². The first-order valence-electron chi connectivity index (χ1n) is 2.85. The fourth-order valence-corrected chi connectivity index (χ4v) is 0.483. The molecule has 2 N–H and O–H groups in total. The van der Waals surface area contributed by atoms with Crippen LogP contribution in [0.5, 0.6) is 0 Å². The Hall–Kier alpha value is -0.190. The summed E-state index contributed by atoms with van der Waals surface area (Å²) in [5.74, 6) is 0.0873. The van der Waals surface area contributed by atoms with Gasteiger partial charge in [0.15, 0.2) is 0 Å². The average Bonchev–Trinajstić information content (AvgIpc) is 1.80. The third-order valence-electron chi connectivity index (χ3n) is 0.627. The lowest BCUT2D eigenvalue weighted by Gasteiger charge is -2.08. The van der Waals surface area contributed by atoms with E-state index in [4.69, 9.17) is 40.5 Å². The molecular weight excluding hydrogens is 226 g/mol. The lowest BCUT2D eigenvalue weighted by molar-refractivity contribution is 0.159. The first-order valence-corrected chi connectivity index (χ1v) is 3.99. The molecule has 0 atom stereocenters. The summed E-state index contributed by atoms with van der Waals surface area (Å²) in [6.07, 6.45) is -0.874. The summed E-state index contributed by atoms with van der Waals surface area (Å²) < 4.78 is 2.80. The van der Waals surface area contributed by atoms with Crippen molar-refractivity contribution in [3.63, 3.8) is 0 Å². The number of aliphatic imine (C=N–C) groups is 1. The number of hydrogen-bond acceptors (Lipinski definition) is 2. The highest BCUT2D eigenvalue weighted by molar-refractivity contribution is 6.67. The molecule has 0 radical (unpaired) electrons. The summed E-state index contributed by atoms with van der Waals surface area (Å²) in [6, 6.07) is 0. The first-order chi connectivity index (χ1) is 5.31. The third kappa shape index (κ3) is 7.91. The molecule has 0 aromatic rings. The number of amides is 1. The molecule has 0 aliphatic carbocycles. The number of amidine groups is 1. The van der Waals surface area contributed by atoms with Gasteiger partial charge in [-0.05, 0) is 6.92 Å². The normalized spacial score (nSPS) is 12.8. The smallest absolute Gasteiger partial charge is 0.435 e. The fraction of sp³-hybridized carbons (Fsp3) is 0.600. The van der Waals surface area contributed by atoms with Crippen molar-refractivity contribution < 1.29 is 9.53 Å². The molecule has 0 saturated heterocycles. The van der Waals surface area contributed by atoms with E-state index < -0.39 is 9.89 Å². The molecule has 1 amide bonds. The average molecular weight is 233 g/mol. The fourth-order valence-electron chi connectivity index (χ4n) is 0.320. The van der Waals surface area contributed by atoms with Crippen LogP contribution in [0.2, 0.25) is 0 Å². The molecule has 0 fully saturated rings. The third-order valence-corrected chi connectivity index (χ3v) is 0.954. The van der Waals surface area contributed by atoms with E-state index in [1.165, 1.54) is 6.92 Å². The van der Waals surface area contributed by atoms with Gasteiger partial charge in [0.2, 0.25) is 3.79 Å². The lowest BCUT2D eigenvalue weighted by Crippen LogP contribution is -2.17. The maximum Gasteiger partial charge on any atom is 0.435 e. The second-order valence-corrected chi connectivity index (χ2v) is 4.44. The number of alkyl halides is 3. The number of halogens is 3. The number of ether oxygens (including phenoxy) is 1. The Morgan fingerprint density at radius 2 is 2.08 bits per heavy atom. The van der Waals surface area contributed by atoms with Gasteiger partial charge in [-0.2, -0.15) is 4.99 Å². The van der Waals surface area contributed by atoms with Crippen LogP contribution in [0.1, 0.15) is 6.92 Å². The number of hydrogen-bond donors (Lipinski definition) is 1. The van der Waals surface area contributed by atoms with Crippen molar-refractivity contribution in [3.05, 3.63) is 0 Å². The highest BCUT2D eigenvalue weighted by atomic mass is 35.6. The van der Waals surface area contributed by atoms with E-state index in [1.54, 1.807) is 0 Å². The van der Waals surface area contributed by atoms with Gasteiger partial charge in [0, 0.05) is 0 Å². The van der Waals surface area contributed by atoms with E-state index in [9.17, 15) is 4.79 Å². The minimum absolute atomic E-state index is 0.0873. The molecule has 12 heavy (non-hydrogen) atoms. The van der Waals surface area contributed by atoms with Gasteiger partial charge in [-0.1, -0.05) is 34.8 Å². The molecule has 0 spiro atoms. The van der Waals surface area contributed by atoms with Crippen LogP contribution in [-0.4, -0.2) is 22.3 Å². The number of nitrogens with zero attached hydrogens (tertiary/aromatic N) is 1. The highest BCUT2D eigenvalue weighted by Gasteiger charge is 2.21. The SMILES string of the molecule is C/C(N)=N/C(=O)OCC(Cl)(Cl)Cl. The summed E-state index contributed by atoms with van der Waals surface area (Å²) in [5.41, 5.74) is 5.08. The predicted octanol–water partition coefficient (Wildman–Crippen LogP) is 1.87. The molecule has 0 heterocycles.